The quantitative estimate of drug-likeness (QED) is 0.736. The Morgan fingerprint density at radius 3 is 2.06 bits per heavy atom. The van der Waals surface area contributed by atoms with Crippen LogP contribution in [0.25, 0.3) is 0 Å². The molecule has 0 bridgehead atoms. The van der Waals surface area contributed by atoms with E-state index in [1.165, 1.54) is 10.6 Å². The minimum absolute atomic E-state index is 0.118. The normalized spacial score (nSPS) is 21.2. The lowest BCUT2D eigenvalue weighted by atomic mass is 9.94. The number of hydrogen-bond acceptors (Lipinski definition) is 4. The predicted molar refractivity (Wildman–Crippen MR) is 63.7 cm³/mol. The van der Waals surface area contributed by atoms with E-state index in [4.69, 9.17) is 0 Å². The Morgan fingerprint density at radius 2 is 1.69 bits per heavy atom. The van der Waals surface area contributed by atoms with Gasteiger partial charge < -0.3 is 10.0 Å². The van der Waals surface area contributed by atoms with Crippen molar-refractivity contribution < 1.29 is 13.5 Å². The molecule has 1 fully saturated rings. The summed E-state index contributed by atoms with van der Waals surface area (Å²) in [6, 6.07) is 0. The molecule has 0 aromatic heterocycles. The molecule has 5 nitrogen and oxygen atoms in total. The first kappa shape index (κ1) is 13.9. The van der Waals surface area contributed by atoms with Crippen molar-refractivity contribution in [2.45, 2.75) is 13.8 Å². The Bertz CT molecular complexity index is 319. The first-order valence-corrected chi connectivity index (χ1v) is 7.38. The lowest BCUT2D eigenvalue weighted by Crippen LogP contribution is -2.50. The van der Waals surface area contributed by atoms with Gasteiger partial charge in [-0.05, 0) is 0 Å². The fourth-order valence-corrected chi connectivity index (χ4v) is 2.70. The molecule has 1 rings (SSSR count). The number of aliphatic hydroxyl groups excluding tert-OH is 1. The minimum atomic E-state index is -3.04. The van der Waals surface area contributed by atoms with Crippen LogP contribution in [0.2, 0.25) is 0 Å². The van der Waals surface area contributed by atoms with Crippen molar-refractivity contribution in [2.75, 3.05) is 45.6 Å². The second-order valence-corrected chi connectivity index (χ2v) is 7.24. The third kappa shape index (κ3) is 4.01. The summed E-state index contributed by atoms with van der Waals surface area (Å²) in [5.74, 6) is 0. The highest BCUT2D eigenvalue weighted by Crippen LogP contribution is 2.17. The average Bonchev–Trinajstić information content (AvgIpc) is 2.16. The van der Waals surface area contributed by atoms with Crippen molar-refractivity contribution >= 4 is 10.0 Å². The van der Waals surface area contributed by atoms with Crippen molar-refractivity contribution in [3.63, 3.8) is 0 Å². The topological polar surface area (TPSA) is 60.9 Å². The van der Waals surface area contributed by atoms with Crippen LogP contribution in [0.4, 0.5) is 0 Å². The fraction of sp³-hybridized carbons (Fsp3) is 1.00. The molecule has 0 spiro atoms. The van der Waals surface area contributed by atoms with Crippen LogP contribution >= 0.6 is 0 Å². The van der Waals surface area contributed by atoms with E-state index in [9.17, 15) is 13.5 Å². The summed E-state index contributed by atoms with van der Waals surface area (Å²) in [4.78, 5) is 2.21. The zero-order valence-electron chi connectivity index (χ0n) is 10.3. The zero-order chi connectivity index (χ0) is 12.4. The van der Waals surface area contributed by atoms with Crippen LogP contribution in [0.15, 0.2) is 0 Å². The van der Waals surface area contributed by atoms with E-state index in [1.807, 2.05) is 13.8 Å². The zero-order valence-corrected chi connectivity index (χ0v) is 11.1. The maximum atomic E-state index is 11.3. The second kappa shape index (κ2) is 5.00. The lowest BCUT2D eigenvalue weighted by Gasteiger charge is -2.37. The molecule has 1 saturated heterocycles. The summed E-state index contributed by atoms with van der Waals surface area (Å²) in [6.45, 7) is 7.58. The second-order valence-electron chi connectivity index (χ2n) is 5.26. The Hall–Kier alpha value is -0.170. The average molecular weight is 250 g/mol. The largest absolute Gasteiger partial charge is 0.396 e. The standard InChI is InChI=1S/C10H22N2O3S/c1-10(2,9-13)8-11-4-6-12(7-5-11)16(3,14)15/h13H,4-9H2,1-3H3. The molecule has 1 heterocycles. The third-order valence-electron chi connectivity index (χ3n) is 2.88. The Kier molecular flexibility index (Phi) is 4.34. The smallest absolute Gasteiger partial charge is 0.211 e. The van der Waals surface area contributed by atoms with Crippen LogP contribution < -0.4 is 0 Å². The van der Waals surface area contributed by atoms with Gasteiger partial charge in [-0.25, -0.2) is 8.42 Å². The molecule has 0 saturated carbocycles. The molecular formula is C10H22N2O3S. The molecular weight excluding hydrogens is 228 g/mol. The van der Waals surface area contributed by atoms with Gasteiger partial charge in [-0.3, -0.25) is 0 Å². The molecule has 96 valence electrons. The van der Waals surface area contributed by atoms with Crippen molar-refractivity contribution in [3.05, 3.63) is 0 Å². The van der Waals surface area contributed by atoms with Gasteiger partial charge in [-0.2, -0.15) is 4.31 Å². The van der Waals surface area contributed by atoms with E-state index >= 15 is 0 Å². The molecule has 0 aromatic carbocycles. The number of aliphatic hydroxyl groups is 1. The molecule has 6 heteroatoms. The highest BCUT2D eigenvalue weighted by atomic mass is 32.2. The molecule has 1 aliphatic rings. The van der Waals surface area contributed by atoms with Gasteiger partial charge >= 0.3 is 0 Å². The van der Waals surface area contributed by atoms with Crippen LogP contribution in [0.3, 0.4) is 0 Å². The molecule has 0 amide bonds. The first-order valence-electron chi connectivity index (χ1n) is 5.53. The third-order valence-corrected chi connectivity index (χ3v) is 4.18. The van der Waals surface area contributed by atoms with Crippen molar-refractivity contribution in [2.24, 2.45) is 5.41 Å². The molecule has 1 aliphatic heterocycles. The van der Waals surface area contributed by atoms with Gasteiger partial charge in [0.15, 0.2) is 0 Å². The maximum absolute atomic E-state index is 11.3. The highest BCUT2D eigenvalue weighted by Gasteiger charge is 2.27. The van der Waals surface area contributed by atoms with Gasteiger partial charge in [0.05, 0.1) is 6.26 Å². The first-order chi connectivity index (χ1) is 7.24. The maximum Gasteiger partial charge on any atom is 0.211 e. The predicted octanol–water partition coefficient (Wildman–Crippen LogP) is -0.418. The van der Waals surface area contributed by atoms with Gasteiger partial charge in [-0.1, -0.05) is 13.8 Å². The van der Waals surface area contributed by atoms with Crippen LogP contribution in [-0.2, 0) is 10.0 Å². The number of nitrogens with zero attached hydrogens (tertiary/aromatic N) is 2. The molecule has 0 radical (unpaired) electrons. The molecule has 16 heavy (non-hydrogen) atoms. The van der Waals surface area contributed by atoms with Gasteiger partial charge in [-0.15, -0.1) is 0 Å². The highest BCUT2D eigenvalue weighted by molar-refractivity contribution is 7.88. The summed E-state index contributed by atoms with van der Waals surface area (Å²) in [6.07, 6.45) is 1.25. The number of hydrogen-bond donors (Lipinski definition) is 1. The molecule has 1 N–H and O–H groups in total. The summed E-state index contributed by atoms with van der Waals surface area (Å²) < 4.78 is 24.1. The van der Waals surface area contributed by atoms with Crippen LogP contribution in [0, 0.1) is 5.41 Å². The molecule has 0 unspecified atom stereocenters. The van der Waals surface area contributed by atoms with E-state index in [-0.39, 0.29) is 12.0 Å². The van der Waals surface area contributed by atoms with Gasteiger partial charge in [0, 0.05) is 44.7 Å². The summed E-state index contributed by atoms with van der Waals surface area (Å²) >= 11 is 0. The van der Waals surface area contributed by atoms with E-state index in [1.54, 1.807) is 0 Å². The summed E-state index contributed by atoms with van der Waals surface area (Å²) in [7, 11) is -3.04. The monoisotopic (exact) mass is 250 g/mol. The van der Waals surface area contributed by atoms with Crippen LogP contribution in [-0.4, -0.2) is 68.3 Å². The van der Waals surface area contributed by atoms with E-state index in [2.05, 4.69) is 4.90 Å². The van der Waals surface area contributed by atoms with Gasteiger partial charge in [0.1, 0.15) is 0 Å². The van der Waals surface area contributed by atoms with E-state index in [0.29, 0.717) is 13.1 Å². The van der Waals surface area contributed by atoms with Crippen LogP contribution in [0.1, 0.15) is 13.8 Å². The summed E-state index contributed by atoms with van der Waals surface area (Å²) in [5.41, 5.74) is -0.118. The number of sulfonamides is 1. The summed E-state index contributed by atoms with van der Waals surface area (Å²) in [5, 5.41) is 9.17. The van der Waals surface area contributed by atoms with E-state index in [0.717, 1.165) is 19.6 Å². The van der Waals surface area contributed by atoms with Crippen molar-refractivity contribution in [1.82, 2.24) is 9.21 Å². The molecule has 0 atom stereocenters. The Morgan fingerprint density at radius 1 is 1.19 bits per heavy atom. The molecule has 0 aromatic rings. The number of piperazine rings is 1. The van der Waals surface area contributed by atoms with Crippen molar-refractivity contribution in [3.8, 4) is 0 Å². The lowest BCUT2D eigenvalue weighted by molar-refractivity contribution is 0.0841. The van der Waals surface area contributed by atoms with Crippen LogP contribution in [0.5, 0.6) is 0 Å². The SMILES string of the molecule is CC(C)(CO)CN1CCN(S(C)(=O)=O)CC1. The minimum Gasteiger partial charge on any atom is -0.396 e. The van der Waals surface area contributed by atoms with Crippen molar-refractivity contribution in [1.29, 1.82) is 0 Å². The molecule has 0 aliphatic carbocycles. The Balaban J connectivity index is 2.44. The van der Waals surface area contributed by atoms with E-state index < -0.39 is 10.0 Å². The fourth-order valence-electron chi connectivity index (χ4n) is 1.87. The van der Waals surface area contributed by atoms with Gasteiger partial charge in [0.2, 0.25) is 10.0 Å². The van der Waals surface area contributed by atoms with Gasteiger partial charge in [0.25, 0.3) is 0 Å². The Labute approximate surface area is 98.1 Å². The number of rotatable bonds is 4.